The number of aromatic nitrogens is 2. The van der Waals surface area contributed by atoms with E-state index in [0.717, 1.165) is 12.0 Å². The molecule has 0 saturated carbocycles. The first kappa shape index (κ1) is 18.8. The predicted octanol–water partition coefficient (Wildman–Crippen LogP) is 4.23. The molecule has 2 aromatic carbocycles. The highest BCUT2D eigenvalue weighted by molar-refractivity contribution is 5.84. The summed E-state index contributed by atoms with van der Waals surface area (Å²) in [5, 5.41) is 15.1. The third-order valence-corrected chi connectivity index (χ3v) is 4.50. The van der Waals surface area contributed by atoms with E-state index >= 15 is 0 Å². The number of hydrogen-bond acceptors (Lipinski definition) is 4. The van der Waals surface area contributed by atoms with Gasteiger partial charge in [0, 0.05) is 12.0 Å². The molecular formula is C22H25N3O2. The molecule has 0 aliphatic rings. The van der Waals surface area contributed by atoms with Gasteiger partial charge in [-0.05, 0) is 41.7 Å². The van der Waals surface area contributed by atoms with Gasteiger partial charge in [0.05, 0.1) is 17.1 Å². The van der Waals surface area contributed by atoms with Crippen molar-refractivity contribution in [1.29, 1.82) is 0 Å². The smallest absolute Gasteiger partial charge is 0.282 e. The van der Waals surface area contributed by atoms with Crippen molar-refractivity contribution in [3.8, 4) is 5.75 Å². The van der Waals surface area contributed by atoms with Crippen LogP contribution < -0.4 is 5.56 Å². The Balaban J connectivity index is 2.12. The fourth-order valence-electron chi connectivity index (χ4n) is 2.92. The summed E-state index contributed by atoms with van der Waals surface area (Å²) in [4.78, 5) is 17.5. The van der Waals surface area contributed by atoms with Gasteiger partial charge in [0.25, 0.3) is 5.56 Å². The number of fused-ring (bicyclic) bond motifs is 1. The Morgan fingerprint density at radius 3 is 2.63 bits per heavy atom. The largest absolute Gasteiger partial charge is 0.507 e. The minimum atomic E-state index is -0.202. The van der Waals surface area contributed by atoms with Crippen molar-refractivity contribution in [2.24, 2.45) is 5.10 Å². The molecule has 0 amide bonds. The molecule has 0 atom stereocenters. The number of phenols is 1. The van der Waals surface area contributed by atoms with E-state index in [1.54, 1.807) is 12.1 Å². The zero-order chi connectivity index (χ0) is 19.6. The maximum Gasteiger partial charge on any atom is 0.282 e. The third kappa shape index (κ3) is 3.92. The lowest BCUT2D eigenvalue weighted by Gasteiger charge is -2.19. The number of benzene rings is 2. The minimum Gasteiger partial charge on any atom is -0.507 e. The van der Waals surface area contributed by atoms with Crippen molar-refractivity contribution < 1.29 is 5.11 Å². The number of hydrogen-bond donors (Lipinski definition) is 1. The molecule has 140 valence electrons. The fourth-order valence-corrected chi connectivity index (χ4v) is 2.92. The molecular weight excluding hydrogens is 338 g/mol. The highest BCUT2D eigenvalue weighted by Crippen LogP contribution is 2.26. The predicted molar refractivity (Wildman–Crippen MR) is 110 cm³/mol. The number of nitrogens with zero attached hydrogens (tertiary/aromatic N) is 3. The van der Waals surface area contributed by atoms with Crippen LogP contribution in [0.25, 0.3) is 10.9 Å². The molecule has 0 fully saturated rings. The molecule has 0 bridgehead atoms. The van der Waals surface area contributed by atoms with Gasteiger partial charge in [0.2, 0.25) is 0 Å². The minimum absolute atomic E-state index is 0.0506. The van der Waals surface area contributed by atoms with E-state index in [0.29, 0.717) is 28.7 Å². The highest BCUT2D eigenvalue weighted by atomic mass is 16.3. The average Bonchev–Trinajstić information content (AvgIpc) is 2.62. The molecule has 0 radical (unpaired) electrons. The van der Waals surface area contributed by atoms with Crippen LogP contribution in [0.5, 0.6) is 5.75 Å². The van der Waals surface area contributed by atoms with Crippen molar-refractivity contribution in [2.75, 3.05) is 0 Å². The van der Waals surface area contributed by atoms with E-state index in [2.05, 4.69) is 30.9 Å². The standard InChI is InChI=1S/C22H25N3O2/c1-5-8-20-24-18-10-7-6-9-17(18)21(27)25(20)23-14-15-13-16(22(2,3)4)11-12-19(15)26/h6-7,9-14,26H,5,8H2,1-4H3/b23-14+. The number of aryl methyl sites for hydroxylation is 1. The van der Waals surface area contributed by atoms with Crippen LogP contribution >= 0.6 is 0 Å². The number of aromatic hydroxyl groups is 1. The zero-order valence-electron chi connectivity index (χ0n) is 16.2. The van der Waals surface area contributed by atoms with E-state index in [9.17, 15) is 9.90 Å². The second kappa shape index (κ2) is 7.35. The van der Waals surface area contributed by atoms with E-state index in [4.69, 9.17) is 0 Å². The molecule has 0 spiro atoms. The topological polar surface area (TPSA) is 67.5 Å². The lowest BCUT2D eigenvalue weighted by atomic mass is 9.86. The van der Waals surface area contributed by atoms with E-state index in [1.165, 1.54) is 10.9 Å². The highest BCUT2D eigenvalue weighted by Gasteiger charge is 2.15. The summed E-state index contributed by atoms with van der Waals surface area (Å²) in [7, 11) is 0. The monoisotopic (exact) mass is 363 g/mol. The molecule has 27 heavy (non-hydrogen) atoms. The summed E-state index contributed by atoms with van der Waals surface area (Å²) in [6.07, 6.45) is 3.03. The summed E-state index contributed by atoms with van der Waals surface area (Å²) in [6, 6.07) is 12.7. The third-order valence-electron chi connectivity index (χ3n) is 4.50. The number of phenolic OH excluding ortho intramolecular Hbond substituents is 1. The summed E-state index contributed by atoms with van der Waals surface area (Å²) in [5.41, 5.74) is 2.08. The lowest BCUT2D eigenvalue weighted by Crippen LogP contribution is -2.22. The van der Waals surface area contributed by atoms with Crippen LogP contribution in [0.4, 0.5) is 0 Å². The van der Waals surface area contributed by atoms with Crippen molar-refractivity contribution in [1.82, 2.24) is 9.66 Å². The van der Waals surface area contributed by atoms with E-state index in [-0.39, 0.29) is 16.7 Å². The molecule has 0 unspecified atom stereocenters. The quantitative estimate of drug-likeness (QED) is 0.705. The normalized spacial score (nSPS) is 12.1. The number of para-hydroxylation sites is 1. The molecule has 1 N–H and O–H groups in total. The van der Waals surface area contributed by atoms with Crippen LogP contribution in [-0.2, 0) is 11.8 Å². The van der Waals surface area contributed by atoms with Crippen molar-refractivity contribution in [3.05, 3.63) is 69.8 Å². The maximum absolute atomic E-state index is 12.9. The van der Waals surface area contributed by atoms with Crippen LogP contribution in [0.15, 0.2) is 52.4 Å². The molecule has 5 heteroatoms. The van der Waals surface area contributed by atoms with Gasteiger partial charge in [-0.3, -0.25) is 4.79 Å². The molecule has 1 heterocycles. The average molecular weight is 363 g/mol. The summed E-state index contributed by atoms with van der Waals surface area (Å²) in [6.45, 7) is 8.36. The Hall–Kier alpha value is -2.95. The molecule has 0 aliphatic carbocycles. The molecule has 3 rings (SSSR count). The Bertz CT molecular complexity index is 1060. The van der Waals surface area contributed by atoms with Crippen molar-refractivity contribution in [3.63, 3.8) is 0 Å². The summed E-state index contributed by atoms with van der Waals surface area (Å²) < 4.78 is 1.34. The molecule has 3 aromatic rings. The maximum atomic E-state index is 12.9. The van der Waals surface area contributed by atoms with Crippen molar-refractivity contribution in [2.45, 2.75) is 46.0 Å². The Labute approximate surface area is 159 Å². The Morgan fingerprint density at radius 2 is 1.93 bits per heavy atom. The van der Waals surface area contributed by atoms with Crippen LogP contribution in [-0.4, -0.2) is 21.0 Å². The molecule has 0 aliphatic heterocycles. The molecule has 1 aromatic heterocycles. The van der Waals surface area contributed by atoms with Gasteiger partial charge in [-0.2, -0.15) is 9.78 Å². The molecule has 0 saturated heterocycles. The lowest BCUT2D eigenvalue weighted by molar-refractivity contribution is 0.473. The fraction of sp³-hybridized carbons (Fsp3) is 0.318. The van der Waals surface area contributed by atoms with Crippen LogP contribution in [0, 0.1) is 0 Å². The van der Waals surface area contributed by atoms with Gasteiger partial charge in [-0.15, -0.1) is 0 Å². The summed E-state index contributed by atoms with van der Waals surface area (Å²) in [5.74, 6) is 0.745. The Kier molecular flexibility index (Phi) is 5.13. The van der Waals surface area contributed by atoms with E-state index in [1.807, 2.05) is 37.3 Å². The SMILES string of the molecule is CCCc1nc2ccccc2c(=O)n1/N=C/c1cc(C(C)(C)C)ccc1O. The van der Waals surface area contributed by atoms with Gasteiger partial charge in [0.15, 0.2) is 0 Å². The van der Waals surface area contributed by atoms with Gasteiger partial charge >= 0.3 is 0 Å². The van der Waals surface area contributed by atoms with Gasteiger partial charge in [0.1, 0.15) is 11.6 Å². The first-order chi connectivity index (χ1) is 12.8. The van der Waals surface area contributed by atoms with Crippen molar-refractivity contribution >= 4 is 17.1 Å². The second-order valence-corrected chi connectivity index (χ2v) is 7.68. The zero-order valence-corrected chi connectivity index (χ0v) is 16.2. The first-order valence-electron chi connectivity index (χ1n) is 9.20. The van der Waals surface area contributed by atoms with Crippen LogP contribution in [0.1, 0.15) is 51.1 Å². The van der Waals surface area contributed by atoms with Gasteiger partial charge < -0.3 is 5.11 Å². The van der Waals surface area contributed by atoms with Crippen LogP contribution in [0.3, 0.4) is 0 Å². The second-order valence-electron chi connectivity index (χ2n) is 7.68. The van der Waals surface area contributed by atoms with E-state index < -0.39 is 0 Å². The van der Waals surface area contributed by atoms with Crippen LogP contribution in [0.2, 0.25) is 0 Å². The number of rotatable bonds is 4. The van der Waals surface area contributed by atoms with Gasteiger partial charge in [-0.1, -0.05) is 45.9 Å². The first-order valence-corrected chi connectivity index (χ1v) is 9.20. The summed E-state index contributed by atoms with van der Waals surface area (Å²) >= 11 is 0. The Morgan fingerprint density at radius 1 is 1.19 bits per heavy atom. The van der Waals surface area contributed by atoms with Gasteiger partial charge in [-0.25, -0.2) is 4.98 Å². The molecule has 5 nitrogen and oxygen atoms in total.